The smallest absolute Gasteiger partial charge is 0.240 e. The molecular weight excluding hydrogens is 212 g/mol. The number of aryl methyl sites for hydroxylation is 1. The predicted molar refractivity (Wildman–Crippen MR) is 70.9 cm³/mol. The lowest BCUT2D eigenvalue weighted by Gasteiger charge is -2.03. The molecule has 92 valence electrons. The summed E-state index contributed by atoms with van der Waals surface area (Å²) in [6.07, 6.45) is 3.01. The van der Waals surface area contributed by atoms with Crippen molar-refractivity contribution >= 4 is 11.6 Å². The molecule has 1 aromatic rings. The molecule has 1 N–H and O–H groups in total. The minimum absolute atomic E-state index is 0.0201. The maximum Gasteiger partial charge on any atom is 0.240 e. The van der Waals surface area contributed by atoms with E-state index in [1.54, 1.807) is 0 Å². The highest BCUT2D eigenvalue weighted by Crippen LogP contribution is 2.02. The van der Waals surface area contributed by atoms with E-state index in [0.29, 0.717) is 6.42 Å². The van der Waals surface area contributed by atoms with E-state index in [4.69, 9.17) is 0 Å². The average molecular weight is 232 g/mol. The molecule has 0 saturated carbocycles. The Kier molecular flexibility index (Phi) is 6.00. The summed E-state index contributed by atoms with van der Waals surface area (Å²) in [7, 11) is 0. The quantitative estimate of drug-likeness (QED) is 0.594. The fraction of sp³-hybridized carbons (Fsp3) is 0.429. The van der Waals surface area contributed by atoms with Crippen molar-refractivity contribution in [1.29, 1.82) is 0 Å². The van der Waals surface area contributed by atoms with Gasteiger partial charge in [0.2, 0.25) is 5.91 Å². The van der Waals surface area contributed by atoms with Crippen LogP contribution in [0.3, 0.4) is 0 Å². The van der Waals surface area contributed by atoms with Gasteiger partial charge >= 0.3 is 0 Å². The maximum absolute atomic E-state index is 11.5. The van der Waals surface area contributed by atoms with Crippen LogP contribution in [0.1, 0.15) is 38.7 Å². The third-order valence-corrected chi connectivity index (χ3v) is 2.64. The van der Waals surface area contributed by atoms with Crippen LogP contribution in [0.25, 0.3) is 0 Å². The number of hydrogen-bond acceptors (Lipinski definition) is 2. The first kappa shape index (κ1) is 13.4. The number of benzene rings is 1. The molecule has 1 amide bonds. The molecule has 0 aliphatic rings. The predicted octanol–water partition coefficient (Wildman–Crippen LogP) is 2.91. The zero-order valence-electron chi connectivity index (χ0n) is 10.6. The molecule has 0 bridgehead atoms. The van der Waals surface area contributed by atoms with Crippen molar-refractivity contribution in [2.75, 3.05) is 0 Å². The molecule has 3 nitrogen and oxygen atoms in total. The molecule has 0 radical (unpaired) electrons. The minimum Gasteiger partial charge on any atom is -0.273 e. The highest BCUT2D eigenvalue weighted by molar-refractivity contribution is 5.85. The van der Waals surface area contributed by atoms with Crippen LogP contribution in [-0.2, 0) is 11.2 Å². The van der Waals surface area contributed by atoms with Crippen molar-refractivity contribution in [3.8, 4) is 0 Å². The number of nitrogens with zero attached hydrogens (tertiary/aromatic N) is 1. The van der Waals surface area contributed by atoms with E-state index < -0.39 is 0 Å². The van der Waals surface area contributed by atoms with Gasteiger partial charge in [0.25, 0.3) is 0 Å². The third-order valence-electron chi connectivity index (χ3n) is 2.64. The molecule has 17 heavy (non-hydrogen) atoms. The highest BCUT2D eigenvalue weighted by atomic mass is 16.2. The van der Waals surface area contributed by atoms with E-state index in [2.05, 4.69) is 10.5 Å². The third kappa shape index (κ3) is 5.29. The fourth-order valence-corrected chi connectivity index (χ4v) is 1.51. The second-order valence-electron chi connectivity index (χ2n) is 3.91. The van der Waals surface area contributed by atoms with E-state index in [-0.39, 0.29) is 5.91 Å². The largest absolute Gasteiger partial charge is 0.273 e. The molecule has 0 atom stereocenters. The summed E-state index contributed by atoms with van der Waals surface area (Å²) in [5.74, 6) is -0.0201. The first-order valence-corrected chi connectivity index (χ1v) is 6.14. The molecule has 0 spiro atoms. The number of hydrazone groups is 1. The average Bonchev–Trinajstić information content (AvgIpc) is 2.39. The SMILES string of the molecule is CCC(CC)=NNC(=O)CCc1ccccc1. The summed E-state index contributed by atoms with van der Waals surface area (Å²) < 4.78 is 0. The van der Waals surface area contributed by atoms with Gasteiger partial charge in [-0.05, 0) is 24.8 Å². The van der Waals surface area contributed by atoms with Gasteiger partial charge in [-0.2, -0.15) is 5.10 Å². The van der Waals surface area contributed by atoms with Gasteiger partial charge in [-0.1, -0.05) is 44.2 Å². The number of rotatable bonds is 6. The molecule has 0 fully saturated rings. The van der Waals surface area contributed by atoms with Crippen molar-refractivity contribution in [3.05, 3.63) is 35.9 Å². The van der Waals surface area contributed by atoms with Crippen LogP contribution in [0.4, 0.5) is 0 Å². The molecule has 0 heterocycles. The van der Waals surface area contributed by atoms with Gasteiger partial charge in [-0.3, -0.25) is 4.79 Å². The molecule has 0 aliphatic carbocycles. The van der Waals surface area contributed by atoms with Gasteiger partial charge in [-0.25, -0.2) is 5.43 Å². The van der Waals surface area contributed by atoms with Crippen LogP contribution < -0.4 is 5.43 Å². The van der Waals surface area contributed by atoms with E-state index in [9.17, 15) is 4.79 Å². The van der Waals surface area contributed by atoms with Gasteiger partial charge in [0.05, 0.1) is 0 Å². The Morgan fingerprint density at radius 2 is 1.82 bits per heavy atom. The Hall–Kier alpha value is -1.64. The van der Waals surface area contributed by atoms with Gasteiger partial charge in [-0.15, -0.1) is 0 Å². The van der Waals surface area contributed by atoms with E-state index in [0.717, 1.165) is 25.0 Å². The second kappa shape index (κ2) is 7.60. The van der Waals surface area contributed by atoms with Gasteiger partial charge in [0.15, 0.2) is 0 Å². The molecule has 0 saturated heterocycles. The summed E-state index contributed by atoms with van der Waals surface area (Å²) in [6.45, 7) is 4.08. The molecule has 1 rings (SSSR count). The van der Waals surface area contributed by atoms with Crippen LogP contribution >= 0.6 is 0 Å². The zero-order valence-corrected chi connectivity index (χ0v) is 10.6. The normalized spacial score (nSPS) is 9.76. The van der Waals surface area contributed by atoms with Gasteiger partial charge < -0.3 is 0 Å². The maximum atomic E-state index is 11.5. The lowest BCUT2D eigenvalue weighted by Crippen LogP contribution is -2.19. The fourth-order valence-electron chi connectivity index (χ4n) is 1.51. The summed E-state index contributed by atoms with van der Waals surface area (Å²) in [6, 6.07) is 10.00. The van der Waals surface area contributed by atoms with Crippen molar-refractivity contribution in [1.82, 2.24) is 5.43 Å². The molecule has 0 unspecified atom stereocenters. The van der Waals surface area contributed by atoms with Gasteiger partial charge in [0.1, 0.15) is 0 Å². The van der Waals surface area contributed by atoms with Crippen molar-refractivity contribution in [2.45, 2.75) is 39.5 Å². The Balaban J connectivity index is 2.33. The lowest BCUT2D eigenvalue weighted by atomic mass is 10.1. The number of amides is 1. The summed E-state index contributed by atoms with van der Waals surface area (Å²) in [5, 5.41) is 4.09. The monoisotopic (exact) mass is 232 g/mol. The van der Waals surface area contributed by atoms with Crippen molar-refractivity contribution in [2.24, 2.45) is 5.10 Å². The number of carbonyl (C=O) groups is 1. The zero-order chi connectivity index (χ0) is 12.5. The Morgan fingerprint density at radius 1 is 1.18 bits per heavy atom. The summed E-state index contributed by atoms with van der Waals surface area (Å²) >= 11 is 0. The summed E-state index contributed by atoms with van der Waals surface area (Å²) in [5.41, 5.74) is 4.81. The van der Waals surface area contributed by atoms with Crippen molar-refractivity contribution in [3.63, 3.8) is 0 Å². The van der Waals surface area contributed by atoms with E-state index >= 15 is 0 Å². The van der Waals surface area contributed by atoms with E-state index in [1.807, 2.05) is 44.2 Å². The van der Waals surface area contributed by atoms with Crippen LogP contribution in [0.15, 0.2) is 35.4 Å². The standard InChI is InChI=1S/C14H20N2O/c1-3-13(4-2)15-16-14(17)11-10-12-8-6-5-7-9-12/h5-9H,3-4,10-11H2,1-2H3,(H,16,17). The Labute approximate surface area is 103 Å². The minimum atomic E-state index is -0.0201. The first-order valence-electron chi connectivity index (χ1n) is 6.14. The Morgan fingerprint density at radius 3 is 2.41 bits per heavy atom. The molecule has 0 aliphatic heterocycles. The molecular formula is C14H20N2O. The topological polar surface area (TPSA) is 41.5 Å². The van der Waals surface area contributed by atoms with Crippen LogP contribution in [-0.4, -0.2) is 11.6 Å². The van der Waals surface area contributed by atoms with E-state index in [1.165, 1.54) is 5.56 Å². The lowest BCUT2D eigenvalue weighted by molar-refractivity contribution is -0.121. The molecule has 1 aromatic carbocycles. The first-order chi connectivity index (χ1) is 8.26. The second-order valence-corrected chi connectivity index (χ2v) is 3.91. The molecule has 0 aromatic heterocycles. The number of nitrogens with one attached hydrogen (secondary N) is 1. The highest BCUT2D eigenvalue weighted by Gasteiger charge is 2.01. The number of hydrogen-bond donors (Lipinski definition) is 1. The Bertz CT molecular complexity index is 365. The molecule has 3 heteroatoms. The van der Waals surface area contributed by atoms with Crippen LogP contribution in [0.2, 0.25) is 0 Å². The number of carbonyl (C=O) groups excluding carboxylic acids is 1. The van der Waals surface area contributed by atoms with Gasteiger partial charge in [0, 0.05) is 12.1 Å². The van der Waals surface area contributed by atoms with Crippen LogP contribution in [0, 0.1) is 0 Å². The van der Waals surface area contributed by atoms with Crippen LogP contribution in [0.5, 0.6) is 0 Å². The summed E-state index contributed by atoms with van der Waals surface area (Å²) in [4.78, 5) is 11.5. The van der Waals surface area contributed by atoms with Crippen molar-refractivity contribution < 1.29 is 4.79 Å².